The van der Waals surface area contributed by atoms with Crippen LogP contribution in [0.25, 0.3) is 0 Å². The fourth-order valence-electron chi connectivity index (χ4n) is 2.06. The van der Waals surface area contributed by atoms with E-state index in [-0.39, 0.29) is 12.3 Å². The van der Waals surface area contributed by atoms with E-state index in [1.807, 2.05) is 13.8 Å². The molecule has 0 radical (unpaired) electrons. The Morgan fingerprint density at radius 1 is 1.50 bits per heavy atom. The number of aliphatic hydroxyl groups is 1. The van der Waals surface area contributed by atoms with Gasteiger partial charge in [-0.05, 0) is 33.1 Å². The summed E-state index contributed by atoms with van der Waals surface area (Å²) in [6.45, 7) is 9.23. The number of hydrogen-bond donors (Lipinski definition) is 1. The summed E-state index contributed by atoms with van der Waals surface area (Å²) in [5, 5.41) is 9.86. The molecule has 18 heavy (non-hydrogen) atoms. The topological polar surface area (TPSA) is 66.8 Å². The summed E-state index contributed by atoms with van der Waals surface area (Å²) in [7, 11) is 0. The fourth-order valence-corrected chi connectivity index (χ4v) is 2.06. The van der Waals surface area contributed by atoms with Gasteiger partial charge in [0, 0.05) is 0 Å². The van der Waals surface area contributed by atoms with Crippen LogP contribution in [0.1, 0.15) is 47.5 Å². The highest BCUT2D eigenvalue weighted by Gasteiger charge is 2.44. The standard InChI is InChI=1S/C13H23NO4/c1-8(2)6-9-10(15)7-11(16)14(9)12(17)18-13(3,4)5/h8-10,15H,6-7H2,1-5H3. The Labute approximate surface area is 108 Å². The molecule has 1 fully saturated rings. The molecule has 2 unspecified atom stereocenters. The summed E-state index contributed by atoms with van der Waals surface area (Å²) in [5.74, 6) is -0.0668. The van der Waals surface area contributed by atoms with Crippen molar-refractivity contribution in [2.45, 2.75) is 65.2 Å². The van der Waals surface area contributed by atoms with Crippen LogP contribution in [0.2, 0.25) is 0 Å². The number of ether oxygens (including phenoxy) is 1. The molecule has 0 aromatic heterocycles. The minimum absolute atomic E-state index is 0.00334. The molecule has 5 nitrogen and oxygen atoms in total. The molecule has 2 atom stereocenters. The quantitative estimate of drug-likeness (QED) is 0.820. The molecule has 1 aliphatic heterocycles. The lowest BCUT2D eigenvalue weighted by Gasteiger charge is -2.29. The van der Waals surface area contributed by atoms with E-state index in [4.69, 9.17) is 4.74 Å². The summed E-state index contributed by atoms with van der Waals surface area (Å²) in [6.07, 6.45) is -0.856. The van der Waals surface area contributed by atoms with Gasteiger partial charge in [0.1, 0.15) is 5.60 Å². The SMILES string of the molecule is CC(C)CC1C(O)CC(=O)N1C(=O)OC(C)(C)C. The molecule has 0 bridgehead atoms. The summed E-state index contributed by atoms with van der Waals surface area (Å²) < 4.78 is 5.21. The Balaban J connectivity index is 2.82. The molecule has 1 aliphatic rings. The molecule has 0 saturated carbocycles. The zero-order chi connectivity index (χ0) is 14.1. The minimum Gasteiger partial charge on any atom is -0.443 e. The van der Waals surface area contributed by atoms with E-state index in [1.165, 1.54) is 0 Å². The summed E-state index contributed by atoms with van der Waals surface area (Å²) >= 11 is 0. The van der Waals surface area contributed by atoms with Gasteiger partial charge in [-0.25, -0.2) is 9.69 Å². The lowest BCUT2D eigenvalue weighted by Crippen LogP contribution is -2.44. The van der Waals surface area contributed by atoms with Crippen LogP contribution < -0.4 is 0 Å². The summed E-state index contributed by atoms with van der Waals surface area (Å²) in [4.78, 5) is 24.8. The Morgan fingerprint density at radius 3 is 2.50 bits per heavy atom. The zero-order valence-corrected chi connectivity index (χ0v) is 11.8. The molecule has 0 spiro atoms. The first-order chi connectivity index (χ1) is 8.11. The first-order valence-electron chi connectivity index (χ1n) is 6.35. The molecule has 0 aromatic carbocycles. The minimum atomic E-state index is -0.785. The molecule has 1 N–H and O–H groups in total. The van der Waals surface area contributed by atoms with Crippen molar-refractivity contribution in [3.8, 4) is 0 Å². The number of amides is 2. The fraction of sp³-hybridized carbons (Fsp3) is 0.846. The molecular formula is C13H23NO4. The Bertz CT molecular complexity index is 332. The number of likely N-dealkylation sites (tertiary alicyclic amines) is 1. The van der Waals surface area contributed by atoms with E-state index in [0.717, 1.165) is 4.90 Å². The molecule has 104 valence electrons. The monoisotopic (exact) mass is 257 g/mol. The Morgan fingerprint density at radius 2 is 2.06 bits per heavy atom. The number of carbonyl (C=O) groups excluding carboxylic acids is 2. The molecule has 1 saturated heterocycles. The van der Waals surface area contributed by atoms with Crippen LogP contribution in [0.15, 0.2) is 0 Å². The Hall–Kier alpha value is -1.10. The molecule has 0 aliphatic carbocycles. The van der Waals surface area contributed by atoms with E-state index < -0.39 is 23.8 Å². The van der Waals surface area contributed by atoms with Crippen molar-refractivity contribution >= 4 is 12.0 Å². The van der Waals surface area contributed by atoms with Crippen molar-refractivity contribution in [1.82, 2.24) is 4.90 Å². The van der Waals surface area contributed by atoms with Gasteiger partial charge in [-0.2, -0.15) is 0 Å². The van der Waals surface area contributed by atoms with Gasteiger partial charge < -0.3 is 9.84 Å². The number of aliphatic hydroxyl groups excluding tert-OH is 1. The third kappa shape index (κ3) is 3.70. The van der Waals surface area contributed by atoms with E-state index in [0.29, 0.717) is 12.3 Å². The second-order valence-electron chi connectivity index (χ2n) is 6.21. The maximum atomic E-state index is 12.0. The second kappa shape index (κ2) is 5.26. The lowest BCUT2D eigenvalue weighted by atomic mass is 10.0. The molecule has 1 rings (SSSR count). The maximum absolute atomic E-state index is 12.0. The summed E-state index contributed by atoms with van der Waals surface area (Å²) in [5.41, 5.74) is -0.646. The van der Waals surface area contributed by atoms with Gasteiger partial charge in [-0.15, -0.1) is 0 Å². The van der Waals surface area contributed by atoms with Crippen molar-refractivity contribution < 1.29 is 19.4 Å². The van der Waals surface area contributed by atoms with Crippen molar-refractivity contribution in [3.05, 3.63) is 0 Å². The lowest BCUT2D eigenvalue weighted by molar-refractivity contribution is -0.128. The van der Waals surface area contributed by atoms with Crippen LogP contribution in [0.4, 0.5) is 4.79 Å². The van der Waals surface area contributed by atoms with Crippen LogP contribution >= 0.6 is 0 Å². The molecule has 1 heterocycles. The van der Waals surface area contributed by atoms with Crippen LogP contribution in [-0.4, -0.2) is 39.8 Å². The van der Waals surface area contributed by atoms with Crippen molar-refractivity contribution in [2.24, 2.45) is 5.92 Å². The van der Waals surface area contributed by atoms with Crippen molar-refractivity contribution in [1.29, 1.82) is 0 Å². The third-order valence-corrected chi connectivity index (χ3v) is 2.73. The average Bonchev–Trinajstić information content (AvgIpc) is 2.37. The van der Waals surface area contributed by atoms with Gasteiger partial charge in [0.25, 0.3) is 0 Å². The smallest absolute Gasteiger partial charge is 0.417 e. The van der Waals surface area contributed by atoms with E-state index >= 15 is 0 Å². The molecular weight excluding hydrogens is 234 g/mol. The van der Waals surface area contributed by atoms with E-state index in [2.05, 4.69) is 0 Å². The van der Waals surface area contributed by atoms with Gasteiger partial charge in [0.2, 0.25) is 5.91 Å². The predicted molar refractivity (Wildman–Crippen MR) is 66.9 cm³/mol. The van der Waals surface area contributed by atoms with E-state index in [9.17, 15) is 14.7 Å². The number of hydrogen-bond acceptors (Lipinski definition) is 4. The van der Waals surface area contributed by atoms with Crippen LogP contribution in [-0.2, 0) is 9.53 Å². The van der Waals surface area contributed by atoms with Crippen LogP contribution in [0.5, 0.6) is 0 Å². The highest BCUT2D eigenvalue weighted by Crippen LogP contribution is 2.27. The first kappa shape index (κ1) is 15.0. The van der Waals surface area contributed by atoms with Gasteiger partial charge in [-0.3, -0.25) is 4.79 Å². The van der Waals surface area contributed by atoms with E-state index in [1.54, 1.807) is 20.8 Å². The second-order valence-corrected chi connectivity index (χ2v) is 6.21. The summed E-state index contributed by atoms with van der Waals surface area (Å²) in [6, 6.07) is -0.465. The number of rotatable bonds is 2. The third-order valence-electron chi connectivity index (χ3n) is 2.73. The predicted octanol–water partition coefficient (Wildman–Crippen LogP) is 1.93. The van der Waals surface area contributed by atoms with Gasteiger partial charge in [0.05, 0.1) is 18.6 Å². The molecule has 2 amide bonds. The van der Waals surface area contributed by atoms with Crippen molar-refractivity contribution in [3.63, 3.8) is 0 Å². The molecule has 0 aromatic rings. The zero-order valence-electron chi connectivity index (χ0n) is 11.8. The van der Waals surface area contributed by atoms with Crippen LogP contribution in [0.3, 0.4) is 0 Å². The highest BCUT2D eigenvalue weighted by atomic mass is 16.6. The van der Waals surface area contributed by atoms with Gasteiger partial charge >= 0.3 is 6.09 Å². The largest absolute Gasteiger partial charge is 0.443 e. The van der Waals surface area contributed by atoms with Gasteiger partial charge in [-0.1, -0.05) is 13.8 Å². The average molecular weight is 257 g/mol. The van der Waals surface area contributed by atoms with Crippen LogP contribution in [0, 0.1) is 5.92 Å². The highest BCUT2D eigenvalue weighted by molar-refractivity contribution is 5.94. The maximum Gasteiger partial charge on any atom is 0.417 e. The normalized spacial score (nSPS) is 24.8. The number of carbonyl (C=O) groups is 2. The Kier molecular flexibility index (Phi) is 4.37. The first-order valence-corrected chi connectivity index (χ1v) is 6.35. The van der Waals surface area contributed by atoms with Crippen molar-refractivity contribution in [2.75, 3.05) is 0 Å². The molecule has 5 heteroatoms. The number of imide groups is 1. The number of nitrogens with zero attached hydrogens (tertiary/aromatic N) is 1. The van der Waals surface area contributed by atoms with Gasteiger partial charge in [0.15, 0.2) is 0 Å².